The zero-order valence-corrected chi connectivity index (χ0v) is 39.8. The third kappa shape index (κ3) is 7.63. The third-order valence-electron chi connectivity index (χ3n) is 11.9. The van der Waals surface area contributed by atoms with Crippen molar-refractivity contribution in [2.24, 2.45) is 0 Å². The zero-order chi connectivity index (χ0) is 50.3. The van der Waals surface area contributed by atoms with Crippen molar-refractivity contribution in [2.75, 3.05) is 0 Å². The predicted octanol–water partition coefficient (Wildman–Crippen LogP) is 16.8. The van der Waals surface area contributed by atoms with Gasteiger partial charge in [-0.05, 0) is 145 Å². The highest BCUT2D eigenvalue weighted by atomic mass is 32.1. The van der Waals surface area contributed by atoms with E-state index in [1.165, 1.54) is 102 Å². The summed E-state index contributed by atoms with van der Waals surface area (Å²) in [7, 11) is 0. The normalized spacial score (nSPS) is 18.3. The molecule has 8 aromatic rings. The van der Waals surface area contributed by atoms with E-state index >= 15 is 35.1 Å². The number of thiophene rings is 4. The second kappa shape index (κ2) is 17.4. The Labute approximate surface area is 407 Å². The summed E-state index contributed by atoms with van der Waals surface area (Å²) in [6.07, 6.45) is 12.0. The highest BCUT2D eigenvalue weighted by molar-refractivity contribution is 7.16. The first-order valence-corrected chi connectivity index (χ1v) is 24.0. The average molecular weight is 1050 g/mol. The van der Waals surface area contributed by atoms with Crippen molar-refractivity contribution < 1.29 is 52.7 Å². The van der Waals surface area contributed by atoms with E-state index in [1.807, 2.05) is 0 Å². The Kier molecular flexibility index (Phi) is 12.2. The minimum absolute atomic E-state index is 0.236. The molecule has 0 fully saturated rings. The molecule has 70 heavy (non-hydrogen) atoms. The van der Waals surface area contributed by atoms with Crippen molar-refractivity contribution in [3.8, 4) is 41.8 Å². The van der Waals surface area contributed by atoms with Crippen LogP contribution in [0.3, 0.4) is 0 Å². The van der Waals surface area contributed by atoms with Crippen LogP contribution < -0.4 is 0 Å². The molecule has 0 aromatic carbocycles. The Morgan fingerprint density at radius 3 is 0.643 bits per heavy atom. The predicted molar refractivity (Wildman–Crippen MR) is 252 cm³/mol. The van der Waals surface area contributed by atoms with Gasteiger partial charge in [-0.25, -0.2) is 0 Å². The number of hydrogen-bond donors (Lipinski definition) is 0. The molecule has 0 amide bonds. The van der Waals surface area contributed by atoms with Crippen LogP contribution in [0, 0.1) is 27.7 Å². The number of rotatable bonds is 8. The number of pyridine rings is 4. The van der Waals surface area contributed by atoms with Gasteiger partial charge in [-0.2, -0.15) is 52.7 Å². The molecular weight excluding hydrogens is 1010 g/mol. The first-order valence-electron chi connectivity index (χ1n) is 20.8. The maximum absolute atomic E-state index is 15.3. The molecule has 0 spiro atoms. The fraction of sp³-hybridized carbons (Fsp3) is 0.200. The minimum atomic E-state index is -5.60. The van der Waals surface area contributed by atoms with Crippen molar-refractivity contribution >= 4 is 67.6 Å². The third-order valence-corrected chi connectivity index (χ3v) is 16.3. The van der Waals surface area contributed by atoms with Gasteiger partial charge in [-0.1, -0.05) is 0 Å². The van der Waals surface area contributed by atoms with Crippen LogP contribution in [0.25, 0.3) is 64.1 Å². The molecule has 0 saturated heterocycles. The standard InChI is InChI=1S/2C25H16F6N2S2/c2*1-13-17(11-19(34-13)15-3-7-32-8-4-15)21-22(24(28,29)25(30,31)23(21,26)27)18-12-20(35-14(18)2)16-5-9-33-10-6-16/h2*3-12H,1-2H3. The van der Waals surface area contributed by atoms with E-state index in [0.717, 1.165) is 45.3 Å². The second-order valence-electron chi connectivity index (χ2n) is 16.2. The molecule has 0 radical (unpaired) electrons. The van der Waals surface area contributed by atoms with Crippen molar-refractivity contribution in [3.63, 3.8) is 0 Å². The van der Waals surface area contributed by atoms with Crippen molar-refractivity contribution in [3.05, 3.63) is 164 Å². The van der Waals surface area contributed by atoms with Gasteiger partial charge in [0.25, 0.3) is 0 Å². The lowest BCUT2D eigenvalue weighted by Gasteiger charge is -2.25. The Hall–Kier alpha value is -5.96. The van der Waals surface area contributed by atoms with Gasteiger partial charge in [-0.15, -0.1) is 45.3 Å². The van der Waals surface area contributed by atoms with Crippen molar-refractivity contribution in [1.29, 1.82) is 0 Å². The summed E-state index contributed by atoms with van der Waals surface area (Å²) in [4.78, 5) is 18.5. The fourth-order valence-corrected chi connectivity index (χ4v) is 12.5. The maximum Gasteiger partial charge on any atom is 0.380 e. The lowest BCUT2D eigenvalue weighted by Crippen LogP contribution is -2.48. The van der Waals surface area contributed by atoms with E-state index in [2.05, 4.69) is 19.9 Å². The summed E-state index contributed by atoms with van der Waals surface area (Å²) in [5.74, 6) is -31.5. The maximum atomic E-state index is 15.3. The first kappa shape index (κ1) is 49.0. The summed E-state index contributed by atoms with van der Waals surface area (Å²) in [5.41, 5.74) is -4.09. The molecule has 8 aromatic heterocycles. The van der Waals surface area contributed by atoms with Gasteiger partial charge in [0.15, 0.2) is 0 Å². The average Bonchev–Trinajstić information content (AvgIpc) is 4.15. The van der Waals surface area contributed by atoms with Gasteiger partial charge < -0.3 is 0 Å². The molecule has 2 aliphatic rings. The monoisotopic (exact) mass is 1040 g/mol. The van der Waals surface area contributed by atoms with Crippen LogP contribution >= 0.6 is 45.3 Å². The molecule has 0 aliphatic heterocycles. The van der Waals surface area contributed by atoms with Crippen LogP contribution in [-0.4, -0.2) is 55.5 Å². The number of alkyl halides is 12. The molecule has 0 bridgehead atoms. The van der Waals surface area contributed by atoms with Crippen LogP contribution in [0.5, 0.6) is 0 Å². The molecule has 4 nitrogen and oxygen atoms in total. The summed E-state index contributed by atoms with van der Waals surface area (Å²) in [5, 5.41) is 0. The highest BCUT2D eigenvalue weighted by Gasteiger charge is 2.81. The van der Waals surface area contributed by atoms with Crippen LogP contribution in [0.1, 0.15) is 41.8 Å². The van der Waals surface area contributed by atoms with Crippen LogP contribution in [0.15, 0.2) is 122 Å². The zero-order valence-electron chi connectivity index (χ0n) is 36.5. The first-order chi connectivity index (χ1) is 32.9. The molecule has 0 N–H and O–H groups in total. The Bertz CT molecular complexity index is 2880. The largest absolute Gasteiger partial charge is 0.380 e. The summed E-state index contributed by atoms with van der Waals surface area (Å²) >= 11 is 4.28. The van der Waals surface area contributed by atoms with Gasteiger partial charge in [0.2, 0.25) is 0 Å². The van der Waals surface area contributed by atoms with Crippen LogP contribution in [0.2, 0.25) is 0 Å². The summed E-state index contributed by atoms with van der Waals surface area (Å²) in [6, 6.07) is 18.2. The smallest absolute Gasteiger partial charge is 0.265 e. The van der Waals surface area contributed by atoms with Crippen molar-refractivity contribution in [2.45, 2.75) is 63.2 Å². The molecule has 360 valence electrons. The Morgan fingerprint density at radius 2 is 0.471 bits per heavy atom. The summed E-state index contributed by atoms with van der Waals surface area (Å²) in [6.45, 7) is 5.84. The molecule has 2 aliphatic carbocycles. The lowest BCUT2D eigenvalue weighted by atomic mass is 9.94. The number of aromatic nitrogens is 4. The van der Waals surface area contributed by atoms with Gasteiger partial charge in [-0.3, -0.25) is 19.9 Å². The number of nitrogens with zero attached hydrogens (tertiary/aromatic N) is 4. The fourth-order valence-electron chi connectivity index (χ4n) is 8.42. The molecule has 0 saturated carbocycles. The second-order valence-corrected chi connectivity index (χ2v) is 21.2. The molecule has 0 atom stereocenters. The topological polar surface area (TPSA) is 51.6 Å². The lowest BCUT2D eigenvalue weighted by molar-refractivity contribution is -0.254. The highest BCUT2D eigenvalue weighted by Crippen LogP contribution is 2.68. The number of halogens is 12. The van der Waals surface area contributed by atoms with Crippen LogP contribution in [-0.2, 0) is 0 Å². The number of allylic oxidation sites excluding steroid dienone is 4. The van der Waals surface area contributed by atoms with Gasteiger partial charge in [0.1, 0.15) is 0 Å². The number of hydrogen-bond acceptors (Lipinski definition) is 8. The SMILES string of the molecule is Cc1sc(-c2ccncc2)cc1C1=C(c2cc(-c3ccncc3)sc2C)C(F)(F)C(F)(F)C1(F)F.Cc1sc(-c2ccncc2)cc1C1=C(c2cc(-c3ccncc3)sc2C)C(F)(F)C(F)(F)C1(F)F. The molecule has 8 heterocycles. The van der Waals surface area contributed by atoms with E-state index in [0.29, 0.717) is 41.8 Å². The van der Waals surface area contributed by atoms with E-state index in [-0.39, 0.29) is 41.8 Å². The Morgan fingerprint density at radius 1 is 0.300 bits per heavy atom. The van der Waals surface area contributed by atoms with Gasteiger partial charge in [0.05, 0.1) is 0 Å². The Balaban J connectivity index is 0.000000174. The number of aryl methyl sites for hydroxylation is 4. The van der Waals surface area contributed by atoms with Crippen molar-refractivity contribution in [1.82, 2.24) is 19.9 Å². The van der Waals surface area contributed by atoms with E-state index in [9.17, 15) is 17.6 Å². The van der Waals surface area contributed by atoms with E-state index in [4.69, 9.17) is 0 Å². The summed E-state index contributed by atoms with van der Waals surface area (Å²) < 4.78 is 181. The van der Waals surface area contributed by atoms with Gasteiger partial charge in [0, 0.05) is 111 Å². The molecular formula is C50H32F12N4S4. The van der Waals surface area contributed by atoms with Gasteiger partial charge >= 0.3 is 35.5 Å². The minimum Gasteiger partial charge on any atom is -0.265 e. The van der Waals surface area contributed by atoms with Crippen LogP contribution in [0.4, 0.5) is 52.7 Å². The quantitative estimate of drug-likeness (QED) is 0.142. The molecule has 10 rings (SSSR count). The molecule has 0 unspecified atom stereocenters. The molecule has 20 heteroatoms. The van der Waals surface area contributed by atoms with E-state index < -0.39 is 57.8 Å². The van der Waals surface area contributed by atoms with E-state index in [1.54, 1.807) is 48.5 Å².